The first kappa shape index (κ1) is 10.3. The molecule has 84 valence electrons. The zero-order valence-electron chi connectivity index (χ0n) is 9.60. The fourth-order valence-electron chi connectivity index (χ4n) is 2.58. The Morgan fingerprint density at radius 2 is 1.65 bits per heavy atom. The molecule has 3 rings (SSSR count). The van der Waals surface area contributed by atoms with Gasteiger partial charge in [0.05, 0.1) is 0 Å². The molecule has 0 bridgehead atoms. The van der Waals surface area contributed by atoms with Crippen molar-refractivity contribution in [2.75, 3.05) is 0 Å². The summed E-state index contributed by atoms with van der Waals surface area (Å²) in [5.41, 5.74) is 3.38. The molecule has 0 heterocycles. The summed E-state index contributed by atoms with van der Waals surface area (Å²) < 4.78 is 0. The summed E-state index contributed by atoms with van der Waals surface area (Å²) >= 11 is 0. The lowest BCUT2D eigenvalue weighted by atomic mass is 9.96. The average molecular weight is 222 g/mol. The van der Waals surface area contributed by atoms with E-state index in [1.165, 1.54) is 11.1 Å². The van der Waals surface area contributed by atoms with E-state index in [9.17, 15) is 4.79 Å². The highest BCUT2D eigenvalue weighted by atomic mass is 16.1. The van der Waals surface area contributed by atoms with E-state index in [2.05, 4.69) is 18.2 Å². The van der Waals surface area contributed by atoms with Crippen molar-refractivity contribution in [2.45, 2.75) is 12.8 Å². The number of carbonyl (C=O) groups excluding carboxylic acids is 1. The molecule has 17 heavy (non-hydrogen) atoms. The molecule has 2 aromatic carbocycles. The van der Waals surface area contributed by atoms with Gasteiger partial charge in [0.1, 0.15) is 0 Å². The number of hydrogen-bond acceptors (Lipinski definition) is 1. The van der Waals surface area contributed by atoms with Gasteiger partial charge >= 0.3 is 0 Å². The molecule has 0 spiro atoms. The zero-order chi connectivity index (χ0) is 11.7. The Kier molecular flexibility index (Phi) is 2.52. The summed E-state index contributed by atoms with van der Waals surface area (Å²) in [6.45, 7) is 0. The number of hydrogen-bond donors (Lipinski definition) is 0. The van der Waals surface area contributed by atoms with Crippen LogP contribution in [0.2, 0.25) is 0 Å². The predicted octanol–water partition coefficient (Wildman–Crippen LogP) is 3.28. The summed E-state index contributed by atoms with van der Waals surface area (Å²) in [6, 6.07) is 18.2. The van der Waals surface area contributed by atoms with Gasteiger partial charge in [-0.3, -0.25) is 4.79 Å². The highest BCUT2D eigenvalue weighted by Crippen LogP contribution is 2.28. The Hall–Kier alpha value is -1.89. The van der Waals surface area contributed by atoms with Crippen molar-refractivity contribution in [3.8, 4) is 0 Å². The third-order valence-electron chi connectivity index (χ3n) is 3.44. The molecule has 1 atom stereocenters. The summed E-state index contributed by atoms with van der Waals surface area (Å²) in [5, 5.41) is 0. The Morgan fingerprint density at radius 3 is 2.41 bits per heavy atom. The molecular weight excluding hydrogens is 208 g/mol. The molecule has 0 N–H and O–H groups in total. The van der Waals surface area contributed by atoms with Gasteiger partial charge in [0, 0.05) is 11.5 Å². The first-order valence-electron chi connectivity index (χ1n) is 6.00. The van der Waals surface area contributed by atoms with Gasteiger partial charge in [0.25, 0.3) is 0 Å². The van der Waals surface area contributed by atoms with Gasteiger partial charge in [-0.15, -0.1) is 0 Å². The second kappa shape index (κ2) is 4.17. The molecule has 2 aromatic rings. The minimum absolute atomic E-state index is 0.134. The van der Waals surface area contributed by atoms with Crippen LogP contribution in [-0.4, -0.2) is 5.78 Å². The molecule has 0 fully saturated rings. The van der Waals surface area contributed by atoms with Crippen LogP contribution in [-0.2, 0) is 12.8 Å². The van der Waals surface area contributed by atoms with Crippen molar-refractivity contribution in [3.63, 3.8) is 0 Å². The molecule has 1 aliphatic carbocycles. The third-order valence-corrected chi connectivity index (χ3v) is 3.44. The van der Waals surface area contributed by atoms with Crippen LogP contribution in [0.25, 0.3) is 0 Å². The van der Waals surface area contributed by atoms with E-state index in [4.69, 9.17) is 0 Å². The van der Waals surface area contributed by atoms with Crippen LogP contribution in [0.5, 0.6) is 0 Å². The number of benzene rings is 2. The van der Waals surface area contributed by atoms with Gasteiger partial charge in [-0.2, -0.15) is 0 Å². The van der Waals surface area contributed by atoms with Crippen LogP contribution < -0.4 is 0 Å². The summed E-state index contributed by atoms with van der Waals surface area (Å²) in [6.07, 6.45) is 1.75. The van der Waals surface area contributed by atoms with Crippen LogP contribution in [0, 0.1) is 5.92 Å². The molecule has 1 nitrogen and oxygen atoms in total. The number of rotatable bonds is 2. The van der Waals surface area contributed by atoms with Crippen molar-refractivity contribution in [1.29, 1.82) is 0 Å². The van der Waals surface area contributed by atoms with Crippen molar-refractivity contribution in [1.82, 2.24) is 0 Å². The second-order valence-corrected chi connectivity index (χ2v) is 4.61. The lowest BCUT2D eigenvalue weighted by molar-refractivity contribution is 0.0936. The highest BCUT2D eigenvalue weighted by Gasteiger charge is 2.29. The van der Waals surface area contributed by atoms with E-state index in [-0.39, 0.29) is 5.92 Å². The van der Waals surface area contributed by atoms with E-state index in [0.29, 0.717) is 5.78 Å². The first-order valence-corrected chi connectivity index (χ1v) is 6.00. The number of carbonyl (C=O) groups is 1. The molecule has 0 saturated heterocycles. The normalized spacial score (nSPS) is 18.1. The molecule has 0 saturated carbocycles. The SMILES string of the molecule is O=C1c2ccccc2C[C@H]1Cc1ccccc1. The fraction of sp³-hybridized carbons (Fsp3) is 0.188. The van der Waals surface area contributed by atoms with Crippen LogP contribution in [0.4, 0.5) is 0 Å². The maximum absolute atomic E-state index is 12.2. The molecule has 1 heteroatoms. The minimum atomic E-state index is 0.134. The van der Waals surface area contributed by atoms with Gasteiger partial charge in [0.2, 0.25) is 0 Å². The highest BCUT2D eigenvalue weighted by molar-refractivity contribution is 6.02. The molecule has 1 aliphatic rings. The number of fused-ring (bicyclic) bond motifs is 1. The smallest absolute Gasteiger partial charge is 0.166 e. The van der Waals surface area contributed by atoms with Crippen molar-refractivity contribution in [2.24, 2.45) is 5.92 Å². The Labute approximate surface area is 101 Å². The third kappa shape index (κ3) is 1.89. The summed E-state index contributed by atoms with van der Waals surface area (Å²) in [7, 11) is 0. The molecule has 0 amide bonds. The summed E-state index contributed by atoms with van der Waals surface area (Å²) in [4.78, 5) is 12.2. The van der Waals surface area contributed by atoms with Gasteiger partial charge < -0.3 is 0 Å². The van der Waals surface area contributed by atoms with Crippen molar-refractivity contribution >= 4 is 5.78 Å². The zero-order valence-corrected chi connectivity index (χ0v) is 9.60. The maximum atomic E-state index is 12.2. The van der Waals surface area contributed by atoms with Gasteiger partial charge in [-0.05, 0) is 24.0 Å². The maximum Gasteiger partial charge on any atom is 0.166 e. The van der Waals surface area contributed by atoms with Crippen LogP contribution in [0.3, 0.4) is 0 Å². The molecule has 0 unspecified atom stereocenters. The number of ketones is 1. The Balaban J connectivity index is 1.83. The van der Waals surface area contributed by atoms with Crippen LogP contribution in [0.15, 0.2) is 54.6 Å². The fourth-order valence-corrected chi connectivity index (χ4v) is 2.58. The lowest BCUT2D eigenvalue weighted by Crippen LogP contribution is -2.11. The molecule has 0 aromatic heterocycles. The molecular formula is C16H14O. The van der Waals surface area contributed by atoms with Crippen LogP contribution in [0.1, 0.15) is 21.5 Å². The molecule has 0 aliphatic heterocycles. The second-order valence-electron chi connectivity index (χ2n) is 4.61. The van der Waals surface area contributed by atoms with E-state index in [1.807, 2.05) is 36.4 Å². The predicted molar refractivity (Wildman–Crippen MR) is 68.1 cm³/mol. The van der Waals surface area contributed by atoms with E-state index < -0.39 is 0 Å². The largest absolute Gasteiger partial charge is 0.294 e. The quantitative estimate of drug-likeness (QED) is 0.762. The average Bonchev–Trinajstić information content (AvgIpc) is 2.68. The van der Waals surface area contributed by atoms with E-state index in [1.54, 1.807) is 0 Å². The van der Waals surface area contributed by atoms with Gasteiger partial charge in [-0.25, -0.2) is 0 Å². The van der Waals surface area contributed by atoms with Gasteiger partial charge in [0.15, 0.2) is 5.78 Å². The number of Topliss-reactive ketones (excluding diaryl/α,β-unsaturated/α-hetero) is 1. The first-order chi connectivity index (χ1) is 8.34. The van der Waals surface area contributed by atoms with E-state index in [0.717, 1.165) is 18.4 Å². The van der Waals surface area contributed by atoms with Gasteiger partial charge in [-0.1, -0.05) is 54.6 Å². The monoisotopic (exact) mass is 222 g/mol. The van der Waals surface area contributed by atoms with E-state index >= 15 is 0 Å². The Bertz CT molecular complexity index is 542. The Morgan fingerprint density at radius 1 is 0.941 bits per heavy atom. The van der Waals surface area contributed by atoms with Crippen molar-refractivity contribution in [3.05, 3.63) is 71.3 Å². The summed E-state index contributed by atoms with van der Waals surface area (Å²) in [5.74, 6) is 0.444. The standard InChI is InChI=1S/C16H14O/c17-16-14(10-12-6-2-1-3-7-12)11-13-8-4-5-9-15(13)16/h1-9,14H,10-11H2/t14-/m1/s1. The molecule has 0 radical (unpaired) electrons. The van der Waals surface area contributed by atoms with Crippen LogP contribution >= 0.6 is 0 Å². The lowest BCUT2D eigenvalue weighted by Gasteiger charge is -2.07. The topological polar surface area (TPSA) is 17.1 Å². The van der Waals surface area contributed by atoms with Crippen molar-refractivity contribution < 1.29 is 4.79 Å². The minimum Gasteiger partial charge on any atom is -0.294 e.